The number of likely N-dealkylation sites (tertiary alicyclic amines) is 1. The molecule has 132 valence electrons. The molecule has 24 heavy (non-hydrogen) atoms. The van der Waals surface area contributed by atoms with Crippen LogP contribution in [0.2, 0.25) is 0 Å². The molecule has 1 aliphatic heterocycles. The molecule has 1 aromatic carbocycles. The van der Waals surface area contributed by atoms with Crippen LogP contribution in [0, 0.1) is 0 Å². The minimum Gasteiger partial charge on any atom is -0.497 e. The second kappa shape index (κ2) is 8.54. The number of carbonyl (C=O) groups excluding carboxylic acids is 2. The number of benzene rings is 1. The smallest absolute Gasteiger partial charge is 0.315 e. The first-order valence-electron chi connectivity index (χ1n) is 8.03. The molecule has 1 atom stereocenters. The maximum absolute atomic E-state index is 12.9. The van der Waals surface area contributed by atoms with Crippen molar-refractivity contribution in [2.45, 2.75) is 25.4 Å². The van der Waals surface area contributed by atoms with E-state index in [9.17, 15) is 9.59 Å². The lowest BCUT2D eigenvalue weighted by atomic mass is 10.1. The van der Waals surface area contributed by atoms with Crippen LogP contribution in [0.3, 0.4) is 0 Å². The molecule has 1 fully saturated rings. The summed E-state index contributed by atoms with van der Waals surface area (Å²) in [6, 6.07) is 6.55. The minimum absolute atomic E-state index is 0.0841. The van der Waals surface area contributed by atoms with E-state index in [0.29, 0.717) is 32.7 Å². The zero-order chi connectivity index (χ0) is 17.5. The van der Waals surface area contributed by atoms with E-state index in [-0.39, 0.29) is 5.91 Å². The molecule has 2 rings (SSSR count). The van der Waals surface area contributed by atoms with Crippen LogP contribution in [0.5, 0.6) is 5.75 Å². The van der Waals surface area contributed by atoms with E-state index in [1.54, 1.807) is 19.1 Å². The number of nitrogens with two attached hydrogens (primary N) is 1. The Morgan fingerprint density at radius 1 is 1.29 bits per heavy atom. The third-order valence-corrected chi connectivity index (χ3v) is 4.23. The van der Waals surface area contributed by atoms with Crippen LogP contribution in [-0.2, 0) is 16.1 Å². The van der Waals surface area contributed by atoms with Crippen LogP contribution >= 0.6 is 0 Å². The maximum atomic E-state index is 12.9. The zero-order valence-electron chi connectivity index (χ0n) is 14.2. The van der Waals surface area contributed by atoms with Crippen molar-refractivity contribution in [3.8, 4) is 5.75 Å². The Hall–Kier alpha value is -2.28. The van der Waals surface area contributed by atoms with Gasteiger partial charge in [-0.2, -0.15) is 0 Å². The van der Waals surface area contributed by atoms with E-state index in [4.69, 9.17) is 15.2 Å². The van der Waals surface area contributed by atoms with E-state index in [1.807, 2.05) is 24.3 Å². The highest BCUT2D eigenvalue weighted by atomic mass is 16.5. The molecule has 1 aromatic rings. The molecule has 3 amide bonds. The average Bonchev–Trinajstić information content (AvgIpc) is 3.08. The summed E-state index contributed by atoms with van der Waals surface area (Å²) in [5, 5.41) is 0. The fraction of sp³-hybridized carbons (Fsp3) is 0.529. The van der Waals surface area contributed by atoms with E-state index < -0.39 is 12.1 Å². The number of ether oxygens (including phenoxy) is 2. The van der Waals surface area contributed by atoms with Gasteiger partial charge in [0.1, 0.15) is 11.8 Å². The summed E-state index contributed by atoms with van der Waals surface area (Å²) in [6.45, 7) is 1.89. The van der Waals surface area contributed by atoms with Gasteiger partial charge >= 0.3 is 6.03 Å². The fourth-order valence-corrected chi connectivity index (χ4v) is 2.92. The highest BCUT2D eigenvalue weighted by molar-refractivity contribution is 5.87. The van der Waals surface area contributed by atoms with Crippen molar-refractivity contribution in [3.63, 3.8) is 0 Å². The summed E-state index contributed by atoms with van der Waals surface area (Å²) >= 11 is 0. The molecule has 7 nitrogen and oxygen atoms in total. The number of methoxy groups -OCH3 is 2. The van der Waals surface area contributed by atoms with Gasteiger partial charge in [0.2, 0.25) is 5.91 Å². The number of amides is 3. The SMILES string of the molecule is COCCN(Cc1ccc(OC)cc1)C(=O)[C@@H]1CCCN1C(N)=O. The molecule has 2 N–H and O–H groups in total. The molecule has 1 saturated heterocycles. The lowest BCUT2D eigenvalue weighted by Crippen LogP contribution is -2.49. The molecular formula is C17H25N3O4. The van der Waals surface area contributed by atoms with Crippen molar-refractivity contribution in [1.29, 1.82) is 0 Å². The predicted octanol–water partition coefficient (Wildman–Crippen LogP) is 1.21. The van der Waals surface area contributed by atoms with Crippen molar-refractivity contribution >= 4 is 11.9 Å². The summed E-state index contributed by atoms with van der Waals surface area (Å²) in [4.78, 5) is 27.6. The molecule has 0 aromatic heterocycles. The van der Waals surface area contributed by atoms with Gasteiger partial charge in [-0.25, -0.2) is 4.79 Å². The molecule has 0 bridgehead atoms. The summed E-state index contributed by atoms with van der Waals surface area (Å²) in [5.74, 6) is 0.684. The van der Waals surface area contributed by atoms with Crippen LogP contribution in [0.4, 0.5) is 4.79 Å². The Labute approximate surface area is 142 Å². The van der Waals surface area contributed by atoms with Gasteiger partial charge in [0.25, 0.3) is 0 Å². The van der Waals surface area contributed by atoms with Crippen molar-refractivity contribution in [2.24, 2.45) is 5.73 Å². The number of hydrogen-bond donors (Lipinski definition) is 1. The average molecular weight is 335 g/mol. The predicted molar refractivity (Wildman–Crippen MR) is 89.6 cm³/mol. The molecule has 0 saturated carbocycles. The van der Waals surface area contributed by atoms with E-state index >= 15 is 0 Å². The molecule has 0 spiro atoms. The topological polar surface area (TPSA) is 85.1 Å². The Kier molecular flexibility index (Phi) is 6.43. The van der Waals surface area contributed by atoms with E-state index in [1.165, 1.54) is 4.90 Å². The van der Waals surface area contributed by atoms with E-state index in [2.05, 4.69) is 0 Å². The number of hydrogen-bond acceptors (Lipinski definition) is 4. The third-order valence-electron chi connectivity index (χ3n) is 4.23. The fourth-order valence-electron chi connectivity index (χ4n) is 2.92. The minimum atomic E-state index is -0.540. The number of nitrogens with zero attached hydrogens (tertiary/aromatic N) is 2. The second-order valence-electron chi connectivity index (χ2n) is 5.79. The zero-order valence-corrected chi connectivity index (χ0v) is 14.2. The molecule has 0 radical (unpaired) electrons. The number of urea groups is 1. The lowest BCUT2D eigenvalue weighted by Gasteiger charge is -2.29. The highest BCUT2D eigenvalue weighted by Gasteiger charge is 2.35. The van der Waals surface area contributed by atoms with Gasteiger partial charge in [-0.15, -0.1) is 0 Å². The second-order valence-corrected chi connectivity index (χ2v) is 5.79. The van der Waals surface area contributed by atoms with Gasteiger partial charge in [-0.3, -0.25) is 4.79 Å². The lowest BCUT2D eigenvalue weighted by molar-refractivity contribution is -0.136. The Balaban J connectivity index is 2.11. The largest absolute Gasteiger partial charge is 0.497 e. The maximum Gasteiger partial charge on any atom is 0.315 e. The van der Waals surface area contributed by atoms with Crippen molar-refractivity contribution in [2.75, 3.05) is 33.9 Å². The van der Waals surface area contributed by atoms with Crippen LogP contribution in [-0.4, -0.2) is 61.7 Å². The van der Waals surface area contributed by atoms with Crippen LogP contribution in [0.15, 0.2) is 24.3 Å². The quantitative estimate of drug-likeness (QED) is 0.812. The molecule has 1 aliphatic rings. The van der Waals surface area contributed by atoms with Gasteiger partial charge in [0.15, 0.2) is 0 Å². The molecular weight excluding hydrogens is 310 g/mol. The monoisotopic (exact) mass is 335 g/mol. The molecule has 0 unspecified atom stereocenters. The first-order valence-corrected chi connectivity index (χ1v) is 8.03. The van der Waals surface area contributed by atoms with Crippen molar-refractivity contribution < 1.29 is 19.1 Å². The number of carbonyl (C=O) groups is 2. The first kappa shape index (κ1) is 18.1. The van der Waals surface area contributed by atoms with Gasteiger partial charge in [0.05, 0.1) is 13.7 Å². The number of rotatable bonds is 7. The van der Waals surface area contributed by atoms with Gasteiger partial charge in [-0.05, 0) is 30.5 Å². The van der Waals surface area contributed by atoms with Crippen molar-refractivity contribution in [3.05, 3.63) is 29.8 Å². The van der Waals surface area contributed by atoms with Crippen LogP contribution in [0.25, 0.3) is 0 Å². The normalized spacial score (nSPS) is 16.9. The Bertz CT molecular complexity index is 561. The summed E-state index contributed by atoms with van der Waals surface area (Å²) < 4.78 is 10.3. The van der Waals surface area contributed by atoms with Gasteiger partial charge in [-0.1, -0.05) is 12.1 Å². The standard InChI is InChI=1S/C17H25N3O4/c1-23-11-10-19(12-13-5-7-14(24-2)8-6-13)16(21)15-4-3-9-20(15)17(18)22/h5-8,15H,3-4,9-12H2,1-2H3,(H2,18,22)/t15-/m0/s1. The van der Waals surface area contributed by atoms with Crippen LogP contribution < -0.4 is 10.5 Å². The van der Waals surface area contributed by atoms with E-state index in [0.717, 1.165) is 17.7 Å². The molecule has 0 aliphatic carbocycles. The van der Waals surface area contributed by atoms with Gasteiger partial charge in [0, 0.05) is 26.7 Å². The summed E-state index contributed by atoms with van der Waals surface area (Å²) in [7, 11) is 3.21. The summed E-state index contributed by atoms with van der Waals surface area (Å²) in [6.07, 6.45) is 1.44. The first-order chi connectivity index (χ1) is 11.6. The highest BCUT2D eigenvalue weighted by Crippen LogP contribution is 2.20. The Morgan fingerprint density at radius 2 is 2.00 bits per heavy atom. The molecule has 1 heterocycles. The number of primary amides is 1. The van der Waals surface area contributed by atoms with Crippen molar-refractivity contribution in [1.82, 2.24) is 9.80 Å². The summed E-state index contributed by atoms with van der Waals surface area (Å²) in [5.41, 5.74) is 6.38. The van der Waals surface area contributed by atoms with Gasteiger partial charge < -0.3 is 25.0 Å². The van der Waals surface area contributed by atoms with Crippen LogP contribution in [0.1, 0.15) is 18.4 Å². The molecule has 7 heteroatoms. The Morgan fingerprint density at radius 3 is 2.58 bits per heavy atom. The third kappa shape index (κ3) is 4.38.